The Hall–Kier alpha value is -0.960. The first kappa shape index (κ1) is 10.1. The molecule has 72 valence electrons. The zero-order valence-electron chi connectivity index (χ0n) is 7.56. The van der Waals surface area contributed by atoms with Gasteiger partial charge in [0.05, 0.1) is 0 Å². The zero-order valence-corrected chi connectivity index (χ0v) is 7.56. The van der Waals surface area contributed by atoms with Crippen molar-refractivity contribution in [1.82, 2.24) is 0 Å². The van der Waals surface area contributed by atoms with Crippen molar-refractivity contribution in [2.24, 2.45) is 5.73 Å². The lowest BCUT2D eigenvalue weighted by molar-refractivity contribution is 0.494. The Kier molecular flexibility index (Phi) is 3.37. The molecule has 1 nitrogen and oxygen atoms in total. The van der Waals surface area contributed by atoms with Gasteiger partial charge in [-0.3, -0.25) is 0 Å². The first-order valence-electron chi connectivity index (χ1n) is 4.29. The molecular weight excluding hydrogens is 172 g/mol. The Morgan fingerprint density at radius 2 is 2.08 bits per heavy atom. The molecule has 0 spiro atoms. The molecule has 0 fully saturated rings. The van der Waals surface area contributed by atoms with Gasteiger partial charge in [-0.15, -0.1) is 0 Å². The zero-order chi connectivity index (χ0) is 9.84. The van der Waals surface area contributed by atoms with Gasteiger partial charge in [0.15, 0.2) is 11.6 Å². The second kappa shape index (κ2) is 4.33. The largest absolute Gasteiger partial charge is 0.328 e. The summed E-state index contributed by atoms with van der Waals surface area (Å²) in [4.78, 5) is 0. The number of halogens is 2. The fourth-order valence-corrected chi connectivity index (χ4v) is 1.12. The SMILES string of the molecule is C[C@@H](N)CCc1cccc(F)c1F. The molecule has 0 radical (unpaired) electrons. The average Bonchev–Trinajstić information content (AvgIpc) is 2.07. The van der Waals surface area contributed by atoms with Gasteiger partial charge in [0.1, 0.15) is 0 Å². The molecule has 1 rings (SSSR count). The minimum absolute atomic E-state index is 0.0164. The monoisotopic (exact) mass is 185 g/mol. The maximum atomic E-state index is 13.0. The maximum absolute atomic E-state index is 13.0. The van der Waals surface area contributed by atoms with Crippen LogP contribution in [0.3, 0.4) is 0 Å². The van der Waals surface area contributed by atoms with Crippen molar-refractivity contribution in [2.75, 3.05) is 0 Å². The number of benzene rings is 1. The van der Waals surface area contributed by atoms with Crippen molar-refractivity contribution in [3.63, 3.8) is 0 Å². The molecule has 0 saturated carbocycles. The summed E-state index contributed by atoms with van der Waals surface area (Å²) in [6, 6.07) is 4.23. The molecule has 0 aromatic heterocycles. The van der Waals surface area contributed by atoms with Crippen LogP contribution < -0.4 is 5.73 Å². The topological polar surface area (TPSA) is 26.0 Å². The van der Waals surface area contributed by atoms with Crippen LogP contribution in [0.15, 0.2) is 18.2 Å². The molecule has 0 saturated heterocycles. The number of hydrogen-bond donors (Lipinski definition) is 1. The summed E-state index contributed by atoms with van der Waals surface area (Å²) in [5.41, 5.74) is 5.91. The molecular formula is C10H13F2N. The van der Waals surface area contributed by atoms with E-state index in [4.69, 9.17) is 5.73 Å². The summed E-state index contributed by atoms with van der Waals surface area (Å²) in [5.74, 6) is -1.54. The molecule has 0 heterocycles. The summed E-state index contributed by atoms with van der Waals surface area (Å²) in [6.07, 6.45) is 1.15. The third-order valence-corrected chi connectivity index (χ3v) is 1.90. The van der Waals surface area contributed by atoms with E-state index in [-0.39, 0.29) is 6.04 Å². The first-order chi connectivity index (χ1) is 6.11. The highest BCUT2D eigenvalue weighted by Crippen LogP contribution is 2.13. The van der Waals surface area contributed by atoms with Gasteiger partial charge in [0, 0.05) is 6.04 Å². The number of aryl methyl sites for hydroxylation is 1. The van der Waals surface area contributed by atoms with Crippen LogP contribution in [0.2, 0.25) is 0 Å². The minimum Gasteiger partial charge on any atom is -0.328 e. The first-order valence-corrected chi connectivity index (χ1v) is 4.29. The molecule has 0 aliphatic heterocycles. The van der Waals surface area contributed by atoms with E-state index < -0.39 is 11.6 Å². The van der Waals surface area contributed by atoms with E-state index >= 15 is 0 Å². The molecule has 0 unspecified atom stereocenters. The van der Waals surface area contributed by atoms with Crippen LogP contribution >= 0.6 is 0 Å². The Balaban J connectivity index is 2.71. The quantitative estimate of drug-likeness (QED) is 0.767. The van der Waals surface area contributed by atoms with E-state index in [1.165, 1.54) is 6.07 Å². The fourth-order valence-electron chi connectivity index (χ4n) is 1.12. The average molecular weight is 185 g/mol. The van der Waals surface area contributed by atoms with E-state index in [9.17, 15) is 8.78 Å². The molecule has 1 aromatic rings. The van der Waals surface area contributed by atoms with Crippen molar-refractivity contribution in [3.8, 4) is 0 Å². The van der Waals surface area contributed by atoms with E-state index in [1.807, 2.05) is 6.92 Å². The summed E-state index contributed by atoms with van der Waals surface area (Å²) >= 11 is 0. The summed E-state index contributed by atoms with van der Waals surface area (Å²) in [5, 5.41) is 0. The van der Waals surface area contributed by atoms with Crippen molar-refractivity contribution in [3.05, 3.63) is 35.4 Å². The lowest BCUT2D eigenvalue weighted by Crippen LogP contribution is -2.15. The van der Waals surface area contributed by atoms with Gasteiger partial charge in [-0.05, 0) is 31.4 Å². The lowest BCUT2D eigenvalue weighted by Gasteiger charge is -2.05. The van der Waals surface area contributed by atoms with Crippen molar-refractivity contribution >= 4 is 0 Å². The summed E-state index contributed by atoms with van der Waals surface area (Å²) < 4.78 is 25.7. The highest BCUT2D eigenvalue weighted by Gasteiger charge is 2.07. The molecule has 3 heteroatoms. The van der Waals surface area contributed by atoms with Crippen LogP contribution in [-0.2, 0) is 6.42 Å². The van der Waals surface area contributed by atoms with Gasteiger partial charge in [-0.25, -0.2) is 8.78 Å². The molecule has 0 aliphatic carbocycles. The van der Waals surface area contributed by atoms with Crippen molar-refractivity contribution in [1.29, 1.82) is 0 Å². The van der Waals surface area contributed by atoms with E-state index in [1.54, 1.807) is 6.07 Å². The smallest absolute Gasteiger partial charge is 0.162 e. The number of hydrogen-bond acceptors (Lipinski definition) is 1. The second-order valence-corrected chi connectivity index (χ2v) is 3.23. The molecule has 2 N–H and O–H groups in total. The van der Waals surface area contributed by atoms with Crippen LogP contribution in [0, 0.1) is 11.6 Å². The van der Waals surface area contributed by atoms with Crippen LogP contribution in [-0.4, -0.2) is 6.04 Å². The number of rotatable bonds is 3. The molecule has 13 heavy (non-hydrogen) atoms. The van der Waals surface area contributed by atoms with Gasteiger partial charge >= 0.3 is 0 Å². The molecule has 0 aliphatic rings. The van der Waals surface area contributed by atoms with Crippen molar-refractivity contribution < 1.29 is 8.78 Å². The minimum atomic E-state index is -0.790. The summed E-state index contributed by atoms with van der Waals surface area (Å²) in [6.45, 7) is 1.84. The third-order valence-electron chi connectivity index (χ3n) is 1.90. The fraction of sp³-hybridized carbons (Fsp3) is 0.400. The Bertz CT molecular complexity index is 284. The van der Waals surface area contributed by atoms with Gasteiger partial charge in [-0.1, -0.05) is 12.1 Å². The molecule has 0 bridgehead atoms. The van der Waals surface area contributed by atoms with Gasteiger partial charge < -0.3 is 5.73 Å². The van der Waals surface area contributed by atoms with E-state index in [2.05, 4.69) is 0 Å². The van der Waals surface area contributed by atoms with E-state index in [0.717, 1.165) is 6.07 Å². The Labute approximate surface area is 76.6 Å². The molecule has 1 atom stereocenters. The highest BCUT2D eigenvalue weighted by atomic mass is 19.2. The predicted octanol–water partition coefficient (Wildman–Crippen LogP) is 2.24. The highest BCUT2D eigenvalue weighted by molar-refractivity contribution is 5.19. The Morgan fingerprint density at radius 1 is 1.38 bits per heavy atom. The van der Waals surface area contributed by atoms with Crippen LogP contribution in [0.4, 0.5) is 8.78 Å². The van der Waals surface area contributed by atoms with Gasteiger partial charge in [-0.2, -0.15) is 0 Å². The van der Waals surface area contributed by atoms with Crippen molar-refractivity contribution in [2.45, 2.75) is 25.8 Å². The second-order valence-electron chi connectivity index (χ2n) is 3.23. The lowest BCUT2D eigenvalue weighted by atomic mass is 10.1. The molecule has 0 amide bonds. The van der Waals surface area contributed by atoms with Crippen LogP contribution in [0.1, 0.15) is 18.9 Å². The normalized spacial score (nSPS) is 12.9. The molecule has 1 aromatic carbocycles. The third kappa shape index (κ3) is 2.77. The van der Waals surface area contributed by atoms with Gasteiger partial charge in [0.2, 0.25) is 0 Å². The van der Waals surface area contributed by atoms with Crippen LogP contribution in [0.25, 0.3) is 0 Å². The standard InChI is InChI=1S/C10H13F2N/c1-7(13)5-6-8-3-2-4-9(11)10(8)12/h2-4,7H,5-6,13H2,1H3/t7-/m1/s1. The predicted molar refractivity (Wildman–Crippen MR) is 48.3 cm³/mol. The maximum Gasteiger partial charge on any atom is 0.162 e. The van der Waals surface area contributed by atoms with E-state index in [0.29, 0.717) is 18.4 Å². The summed E-state index contributed by atoms with van der Waals surface area (Å²) in [7, 11) is 0. The van der Waals surface area contributed by atoms with Crippen LogP contribution in [0.5, 0.6) is 0 Å². The number of nitrogens with two attached hydrogens (primary N) is 1. The Morgan fingerprint density at radius 3 is 2.69 bits per heavy atom. The van der Waals surface area contributed by atoms with Gasteiger partial charge in [0.25, 0.3) is 0 Å².